The second-order valence-corrected chi connectivity index (χ2v) is 5.16. The summed E-state index contributed by atoms with van der Waals surface area (Å²) >= 11 is 0. The third kappa shape index (κ3) is 2.49. The fourth-order valence-electron chi connectivity index (χ4n) is 2.44. The van der Waals surface area contributed by atoms with E-state index >= 15 is 0 Å². The van der Waals surface area contributed by atoms with E-state index in [1.165, 1.54) is 0 Å². The molecule has 3 aromatic carbocycles. The number of fused-ring (bicyclic) bond motifs is 2. The largest absolute Gasteiger partial charge is 0.489 e. The summed E-state index contributed by atoms with van der Waals surface area (Å²) in [7, 11) is 0. The molecule has 0 saturated carbocycles. The Balaban J connectivity index is 1.53. The normalized spacial score (nSPS) is 11.6. The molecule has 0 aromatic heterocycles. The fraction of sp³-hybridized carbons (Fsp3) is 0.0526. The molecule has 1 aliphatic heterocycles. The van der Waals surface area contributed by atoms with Gasteiger partial charge in [-0.25, -0.2) is 0 Å². The first kappa shape index (κ1) is 12.8. The van der Waals surface area contributed by atoms with Crippen molar-refractivity contribution in [1.29, 1.82) is 0 Å². The van der Waals surface area contributed by atoms with Gasteiger partial charge in [0.15, 0.2) is 11.5 Å². The van der Waals surface area contributed by atoms with Gasteiger partial charge in [0.2, 0.25) is 0 Å². The summed E-state index contributed by atoms with van der Waals surface area (Å²) in [4.78, 5) is 0. The molecule has 3 nitrogen and oxygen atoms in total. The van der Waals surface area contributed by atoms with Crippen LogP contribution in [0.3, 0.4) is 0 Å². The Morgan fingerprint density at radius 2 is 1.55 bits per heavy atom. The van der Waals surface area contributed by atoms with Gasteiger partial charge in [0.05, 0.1) is 11.4 Å². The highest BCUT2D eigenvalue weighted by Crippen LogP contribution is 2.43. The summed E-state index contributed by atoms with van der Waals surface area (Å²) in [6, 6.07) is 23.8. The number of rotatable bonds is 3. The van der Waals surface area contributed by atoms with E-state index in [1.807, 2.05) is 72.8 Å². The molecule has 1 N–H and O–H groups in total. The lowest BCUT2D eigenvalue weighted by atomic mass is 10.2. The predicted molar refractivity (Wildman–Crippen MR) is 87.0 cm³/mol. The van der Waals surface area contributed by atoms with Crippen molar-refractivity contribution in [3.63, 3.8) is 0 Å². The molecule has 0 saturated heterocycles. The van der Waals surface area contributed by atoms with Crippen LogP contribution in [-0.4, -0.2) is 0 Å². The molecule has 1 aliphatic rings. The summed E-state index contributed by atoms with van der Waals surface area (Å²) in [5.41, 5.74) is 3.07. The summed E-state index contributed by atoms with van der Waals surface area (Å²) in [6.45, 7) is 0.545. The van der Waals surface area contributed by atoms with Gasteiger partial charge in [0.1, 0.15) is 12.4 Å². The van der Waals surface area contributed by atoms with Crippen molar-refractivity contribution in [2.75, 3.05) is 5.32 Å². The van der Waals surface area contributed by atoms with Crippen LogP contribution in [0, 0.1) is 0 Å². The highest BCUT2D eigenvalue weighted by molar-refractivity contribution is 5.75. The molecule has 0 amide bonds. The van der Waals surface area contributed by atoms with Crippen LogP contribution < -0.4 is 14.8 Å². The number of benzene rings is 3. The van der Waals surface area contributed by atoms with Gasteiger partial charge >= 0.3 is 0 Å². The van der Waals surface area contributed by atoms with E-state index in [1.54, 1.807) is 0 Å². The number of ether oxygens (including phenoxy) is 2. The minimum Gasteiger partial charge on any atom is -0.489 e. The standard InChI is InChI=1S/C19H15NO2/c1-2-6-14(7-3-1)13-21-15-10-11-17-19(12-15)22-18-9-5-4-8-16(18)20-17/h1-12,20H,13H2. The van der Waals surface area contributed by atoms with E-state index in [2.05, 4.69) is 5.32 Å². The first-order valence-electron chi connectivity index (χ1n) is 7.23. The van der Waals surface area contributed by atoms with Crippen molar-refractivity contribution in [1.82, 2.24) is 0 Å². The van der Waals surface area contributed by atoms with Crippen molar-refractivity contribution >= 4 is 11.4 Å². The molecule has 0 atom stereocenters. The van der Waals surface area contributed by atoms with Crippen LogP contribution in [0.25, 0.3) is 0 Å². The van der Waals surface area contributed by atoms with Gasteiger partial charge in [-0.2, -0.15) is 0 Å². The molecule has 0 aliphatic carbocycles. The maximum absolute atomic E-state index is 5.93. The Morgan fingerprint density at radius 1 is 0.773 bits per heavy atom. The van der Waals surface area contributed by atoms with Gasteiger partial charge in [-0.3, -0.25) is 0 Å². The smallest absolute Gasteiger partial charge is 0.154 e. The quantitative estimate of drug-likeness (QED) is 0.568. The van der Waals surface area contributed by atoms with E-state index in [4.69, 9.17) is 9.47 Å². The van der Waals surface area contributed by atoms with Crippen LogP contribution in [0.5, 0.6) is 17.2 Å². The van der Waals surface area contributed by atoms with E-state index in [-0.39, 0.29) is 0 Å². The summed E-state index contributed by atoms with van der Waals surface area (Å²) in [5, 5.41) is 3.36. The molecule has 1 heterocycles. The van der Waals surface area contributed by atoms with Crippen LogP contribution in [0.4, 0.5) is 11.4 Å². The van der Waals surface area contributed by atoms with Gasteiger partial charge in [-0.05, 0) is 29.8 Å². The Morgan fingerprint density at radius 3 is 2.45 bits per heavy atom. The lowest BCUT2D eigenvalue weighted by Gasteiger charge is -2.22. The second-order valence-electron chi connectivity index (χ2n) is 5.16. The van der Waals surface area contributed by atoms with E-state index in [0.717, 1.165) is 34.2 Å². The average molecular weight is 289 g/mol. The second kappa shape index (κ2) is 5.45. The SMILES string of the molecule is c1ccc(COc2ccc3c(c2)Oc2ccccc2N3)cc1. The molecule has 0 spiro atoms. The van der Waals surface area contributed by atoms with Crippen molar-refractivity contribution in [3.8, 4) is 17.2 Å². The van der Waals surface area contributed by atoms with Crippen molar-refractivity contribution in [2.45, 2.75) is 6.61 Å². The van der Waals surface area contributed by atoms with E-state index in [0.29, 0.717) is 6.61 Å². The van der Waals surface area contributed by atoms with Gasteiger partial charge in [0.25, 0.3) is 0 Å². The zero-order valence-corrected chi connectivity index (χ0v) is 12.0. The van der Waals surface area contributed by atoms with E-state index in [9.17, 15) is 0 Å². The third-order valence-corrected chi connectivity index (χ3v) is 3.58. The average Bonchev–Trinajstić information content (AvgIpc) is 2.59. The number of hydrogen-bond acceptors (Lipinski definition) is 3. The van der Waals surface area contributed by atoms with Gasteiger partial charge in [-0.15, -0.1) is 0 Å². The lowest BCUT2D eigenvalue weighted by Crippen LogP contribution is -2.03. The maximum Gasteiger partial charge on any atom is 0.154 e. The lowest BCUT2D eigenvalue weighted by molar-refractivity contribution is 0.304. The van der Waals surface area contributed by atoms with Crippen molar-refractivity contribution in [3.05, 3.63) is 78.4 Å². The fourth-order valence-corrected chi connectivity index (χ4v) is 2.44. The monoisotopic (exact) mass is 289 g/mol. The van der Waals surface area contributed by atoms with Crippen molar-refractivity contribution in [2.24, 2.45) is 0 Å². The predicted octanol–water partition coefficient (Wildman–Crippen LogP) is 5.11. The Kier molecular flexibility index (Phi) is 3.16. The molecule has 0 fully saturated rings. The van der Waals surface area contributed by atoms with Crippen LogP contribution in [0.2, 0.25) is 0 Å². The van der Waals surface area contributed by atoms with E-state index < -0.39 is 0 Å². The molecular weight excluding hydrogens is 274 g/mol. The van der Waals surface area contributed by atoms with Crippen molar-refractivity contribution < 1.29 is 9.47 Å². The molecule has 108 valence electrons. The molecule has 3 heteroatoms. The maximum atomic E-state index is 5.93. The molecule has 0 bridgehead atoms. The van der Waals surface area contributed by atoms with Crippen LogP contribution in [0.15, 0.2) is 72.8 Å². The van der Waals surface area contributed by atoms with Gasteiger partial charge in [0, 0.05) is 6.07 Å². The van der Waals surface area contributed by atoms with Gasteiger partial charge in [-0.1, -0.05) is 42.5 Å². The molecule has 0 unspecified atom stereocenters. The zero-order valence-electron chi connectivity index (χ0n) is 12.0. The number of hydrogen-bond donors (Lipinski definition) is 1. The summed E-state index contributed by atoms with van der Waals surface area (Å²) in [6.07, 6.45) is 0. The number of nitrogens with one attached hydrogen (secondary N) is 1. The molecule has 4 rings (SSSR count). The third-order valence-electron chi connectivity index (χ3n) is 3.58. The highest BCUT2D eigenvalue weighted by Gasteiger charge is 2.16. The zero-order chi connectivity index (χ0) is 14.8. The van der Waals surface area contributed by atoms with Crippen LogP contribution >= 0.6 is 0 Å². The Bertz CT molecular complexity index is 800. The minimum absolute atomic E-state index is 0.545. The molecule has 3 aromatic rings. The molecule has 22 heavy (non-hydrogen) atoms. The number of anilines is 2. The first-order valence-corrected chi connectivity index (χ1v) is 7.23. The highest BCUT2D eigenvalue weighted by atomic mass is 16.5. The molecule has 0 radical (unpaired) electrons. The first-order chi connectivity index (χ1) is 10.9. The topological polar surface area (TPSA) is 30.5 Å². The van der Waals surface area contributed by atoms with Crippen LogP contribution in [0.1, 0.15) is 5.56 Å². The summed E-state index contributed by atoms with van der Waals surface area (Å²) in [5.74, 6) is 2.41. The summed E-state index contributed by atoms with van der Waals surface area (Å²) < 4.78 is 11.8. The molecular formula is C19H15NO2. The Labute approximate surface area is 129 Å². The van der Waals surface area contributed by atoms with Crippen LogP contribution in [-0.2, 0) is 6.61 Å². The Hall–Kier alpha value is -2.94. The minimum atomic E-state index is 0.545. The number of para-hydroxylation sites is 2. The van der Waals surface area contributed by atoms with Gasteiger partial charge < -0.3 is 14.8 Å².